The van der Waals surface area contributed by atoms with Crippen molar-refractivity contribution in [2.24, 2.45) is 0 Å². The summed E-state index contributed by atoms with van der Waals surface area (Å²) in [5.41, 5.74) is 0.803. The largest absolute Gasteiger partial charge is 0.130 e. The van der Waals surface area contributed by atoms with Crippen molar-refractivity contribution in [3.05, 3.63) is 30.3 Å². The number of hydrogen-bond acceptors (Lipinski definition) is 0. The molecule has 0 atom stereocenters. The smallest absolute Gasteiger partial charge is 0.0959 e. The van der Waals surface area contributed by atoms with Crippen molar-refractivity contribution in [3.63, 3.8) is 0 Å². The molecule has 0 aliphatic carbocycles. The molecule has 0 N–H and O–H groups in total. The molecule has 0 aromatic heterocycles. The van der Waals surface area contributed by atoms with Gasteiger partial charge in [0.1, 0.15) is 0 Å². The lowest BCUT2D eigenvalue weighted by atomic mass is 10.4. The zero-order valence-corrected chi connectivity index (χ0v) is 8.73. The Morgan fingerprint density at radius 3 is 2.18 bits per heavy atom. The highest BCUT2D eigenvalue weighted by atomic mass is 35.5. The molecule has 0 unspecified atom stereocenters. The van der Waals surface area contributed by atoms with Gasteiger partial charge >= 0.3 is 0 Å². The van der Waals surface area contributed by atoms with Crippen LogP contribution >= 0.6 is 11.6 Å². The van der Waals surface area contributed by atoms with Gasteiger partial charge in [-0.3, -0.25) is 0 Å². The SMILES string of the molecule is C[Si](C)(CCl)c1ccccc1. The van der Waals surface area contributed by atoms with Crippen LogP contribution in [0.1, 0.15) is 0 Å². The van der Waals surface area contributed by atoms with Gasteiger partial charge in [0, 0.05) is 5.50 Å². The maximum absolute atomic E-state index is 5.89. The Hall–Kier alpha value is -0.273. The van der Waals surface area contributed by atoms with Crippen LogP contribution < -0.4 is 5.19 Å². The fourth-order valence-electron chi connectivity index (χ4n) is 0.966. The summed E-state index contributed by atoms with van der Waals surface area (Å²) in [4.78, 5) is 0. The molecule has 2 heteroatoms. The third-order valence-electron chi connectivity index (χ3n) is 1.89. The van der Waals surface area contributed by atoms with E-state index in [0.29, 0.717) is 0 Å². The summed E-state index contributed by atoms with van der Waals surface area (Å²) in [6.45, 7) is 4.57. The van der Waals surface area contributed by atoms with Crippen molar-refractivity contribution in [2.75, 3.05) is 5.50 Å². The maximum atomic E-state index is 5.89. The molecule has 1 aromatic rings. The molecule has 0 bridgehead atoms. The predicted octanol–water partition coefficient (Wildman–Crippen LogP) is 2.38. The average molecular weight is 185 g/mol. The van der Waals surface area contributed by atoms with Gasteiger partial charge in [0.2, 0.25) is 0 Å². The van der Waals surface area contributed by atoms with Gasteiger partial charge in [-0.05, 0) is 0 Å². The van der Waals surface area contributed by atoms with Crippen LogP contribution in [-0.2, 0) is 0 Å². The highest BCUT2D eigenvalue weighted by molar-refractivity contribution is 6.94. The van der Waals surface area contributed by atoms with Gasteiger partial charge in [-0.1, -0.05) is 48.6 Å². The standard InChI is InChI=1S/C9H13ClSi/c1-11(2,8-10)9-6-4-3-5-7-9/h3-7H,8H2,1-2H3. The summed E-state index contributed by atoms with van der Waals surface area (Å²) >= 11 is 5.89. The van der Waals surface area contributed by atoms with Crippen molar-refractivity contribution in [2.45, 2.75) is 13.1 Å². The summed E-state index contributed by atoms with van der Waals surface area (Å²) in [7, 11) is -1.29. The number of benzene rings is 1. The molecule has 0 saturated heterocycles. The minimum Gasteiger partial charge on any atom is -0.130 e. The lowest BCUT2D eigenvalue weighted by Crippen LogP contribution is -2.43. The number of hydrogen-bond donors (Lipinski definition) is 0. The molecular weight excluding hydrogens is 172 g/mol. The maximum Gasteiger partial charge on any atom is 0.0959 e. The molecule has 0 aliphatic rings. The molecule has 0 aliphatic heterocycles. The minimum absolute atomic E-state index is 0.803. The molecule has 1 aromatic carbocycles. The van der Waals surface area contributed by atoms with Crippen molar-refractivity contribution < 1.29 is 0 Å². The molecule has 0 fully saturated rings. The number of halogens is 1. The van der Waals surface area contributed by atoms with Crippen molar-refractivity contribution >= 4 is 24.9 Å². The van der Waals surface area contributed by atoms with E-state index in [2.05, 4.69) is 37.4 Å². The second kappa shape index (κ2) is 3.42. The van der Waals surface area contributed by atoms with Crippen molar-refractivity contribution in [1.29, 1.82) is 0 Å². The molecule has 0 radical (unpaired) electrons. The molecule has 60 valence electrons. The van der Waals surface area contributed by atoms with Gasteiger partial charge in [-0.25, -0.2) is 0 Å². The van der Waals surface area contributed by atoms with Crippen LogP contribution in [0.3, 0.4) is 0 Å². The Morgan fingerprint density at radius 1 is 1.18 bits per heavy atom. The van der Waals surface area contributed by atoms with E-state index in [0.717, 1.165) is 5.50 Å². The van der Waals surface area contributed by atoms with Gasteiger partial charge in [0.25, 0.3) is 0 Å². The van der Waals surface area contributed by atoms with Crippen LogP contribution in [0.2, 0.25) is 13.1 Å². The molecule has 0 spiro atoms. The Kier molecular flexibility index (Phi) is 2.74. The molecule has 0 amide bonds. The summed E-state index contributed by atoms with van der Waals surface area (Å²) < 4.78 is 0. The van der Waals surface area contributed by atoms with E-state index in [1.807, 2.05) is 6.07 Å². The lowest BCUT2D eigenvalue weighted by molar-refractivity contribution is 1.66. The first-order chi connectivity index (χ1) is 5.17. The average Bonchev–Trinajstić information content (AvgIpc) is 2.06. The van der Waals surface area contributed by atoms with Crippen LogP contribution in [0.25, 0.3) is 0 Å². The fourth-order valence-corrected chi connectivity index (χ4v) is 2.68. The Bertz CT molecular complexity index is 218. The van der Waals surface area contributed by atoms with E-state index >= 15 is 0 Å². The van der Waals surface area contributed by atoms with E-state index < -0.39 is 8.07 Å². The van der Waals surface area contributed by atoms with E-state index in [-0.39, 0.29) is 0 Å². The number of alkyl halides is 1. The minimum atomic E-state index is -1.29. The van der Waals surface area contributed by atoms with E-state index in [1.165, 1.54) is 5.19 Å². The zero-order valence-electron chi connectivity index (χ0n) is 6.97. The lowest BCUT2D eigenvalue weighted by Gasteiger charge is -2.18. The van der Waals surface area contributed by atoms with Crippen LogP contribution in [0.15, 0.2) is 30.3 Å². The Balaban J connectivity index is 2.93. The zero-order chi connectivity index (χ0) is 8.32. The summed E-state index contributed by atoms with van der Waals surface area (Å²) in [6.07, 6.45) is 0. The second-order valence-electron chi connectivity index (χ2n) is 3.38. The second-order valence-corrected chi connectivity index (χ2v) is 8.80. The quantitative estimate of drug-likeness (QED) is 0.489. The van der Waals surface area contributed by atoms with E-state index in [1.54, 1.807) is 0 Å². The van der Waals surface area contributed by atoms with Crippen molar-refractivity contribution in [1.82, 2.24) is 0 Å². The van der Waals surface area contributed by atoms with Gasteiger partial charge in [-0.15, -0.1) is 11.6 Å². The van der Waals surface area contributed by atoms with Crippen LogP contribution in [0, 0.1) is 0 Å². The molecule has 11 heavy (non-hydrogen) atoms. The van der Waals surface area contributed by atoms with Crippen molar-refractivity contribution in [3.8, 4) is 0 Å². The summed E-state index contributed by atoms with van der Waals surface area (Å²) in [5.74, 6) is 0. The van der Waals surface area contributed by atoms with Gasteiger partial charge in [0.05, 0.1) is 8.07 Å². The molecular formula is C9H13ClSi. The van der Waals surface area contributed by atoms with Crippen LogP contribution in [-0.4, -0.2) is 13.6 Å². The first kappa shape index (κ1) is 8.82. The van der Waals surface area contributed by atoms with Gasteiger partial charge < -0.3 is 0 Å². The highest BCUT2D eigenvalue weighted by Crippen LogP contribution is 2.04. The van der Waals surface area contributed by atoms with E-state index in [4.69, 9.17) is 11.6 Å². The predicted molar refractivity (Wildman–Crippen MR) is 54.3 cm³/mol. The van der Waals surface area contributed by atoms with E-state index in [9.17, 15) is 0 Å². The molecule has 0 saturated carbocycles. The molecule has 0 nitrogen and oxygen atoms in total. The Labute approximate surface area is 74.2 Å². The third kappa shape index (κ3) is 2.08. The van der Waals surface area contributed by atoms with Gasteiger partial charge in [-0.2, -0.15) is 0 Å². The third-order valence-corrected chi connectivity index (χ3v) is 6.46. The topological polar surface area (TPSA) is 0 Å². The highest BCUT2D eigenvalue weighted by Gasteiger charge is 2.20. The monoisotopic (exact) mass is 184 g/mol. The Morgan fingerprint density at radius 2 is 1.73 bits per heavy atom. The van der Waals surface area contributed by atoms with Crippen LogP contribution in [0.5, 0.6) is 0 Å². The summed E-state index contributed by atoms with van der Waals surface area (Å²) in [5, 5.41) is 1.44. The normalized spacial score (nSPS) is 11.5. The number of rotatable bonds is 2. The molecule has 0 heterocycles. The first-order valence-electron chi connectivity index (χ1n) is 3.78. The van der Waals surface area contributed by atoms with Crippen LogP contribution in [0.4, 0.5) is 0 Å². The van der Waals surface area contributed by atoms with Gasteiger partial charge in [0.15, 0.2) is 0 Å². The fraction of sp³-hybridized carbons (Fsp3) is 0.333. The molecule has 1 rings (SSSR count). The first-order valence-corrected chi connectivity index (χ1v) is 7.52. The summed E-state index contributed by atoms with van der Waals surface area (Å²) in [6, 6.07) is 10.6.